The minimum atomic E-state index is 1.19. The molecule has 0 aromatic heterocycles. The Kier molecular flexibility index (Phi) is 26.8. The van der Waals surface area contributed by atoms with Crippen molar-refractivity contribution in [3.8, 4) is 0 Å². The van der Waals surface area contributed by atoms with Crippen molar-refractivity contribution in [2.24, 2.45) is 0 Å². The summed E-state index contributed by atoms with van der Waals surface area (Å²) in [5, 5.41) is 6.99. The van der Waals surface area contributed by atoms with Crippen LogP contribution in [0.5, 0.6) is 0 Å². The summed E-state index contributed by atoms with van der Waals surface area (Å²) < 4.78 is 0. The van der Waals surface area contributed by atoms with Gasteiger partial charge >= 0.3 is 0 Å². The van der Waals surface area contributed by atoms with Crippen LogP contribution < -0.4 is 10.6 Å². The van der Waals surface area contributed by atoms with Gasteiger partial charge in [-0.2, -0.15) is 0 Å². The van der Waals surface area contributed by atoms with E-state index in [1.807, 2.05) is 0 Å². The SMILES string of the molecule is CCCNCCCCCCCCCCCCCCCCCCCCNCCC. The zero-order chi connectivity index (χ0) is 20.4. The van der Waals surface area contributed by atoms with Crippen LogP contribution in [0.25, 0.3) is 0 Å². The van der Waals surface area contributed by atoms with Crippen LogP contribution in [0, 0.1) is 0 Å². The molecule has 0 radical (unpaired) electrons. The summed E-state index contributed by atoms with van der Waals surface area (Å²) in [6.45, 7) is 9.32. The van der Waals surface area contributed by atoms with Gasteiger partial charge in [0.1, 0.15) is 0 Å². The molecule has 0 amide bonds. The monoisotopic (exact) mass is 396 g/mol. The maximum atomic E-state index is 3.50. The van der Waals surface area contributed by atoms with Gasteiger partial charge in [-0.3, -0.25) is 0 Å². The Bertz CT molecular complexity index is 229. The van der Waals surface area contributed by atoms with Crippen molar-refractivity contribution in [1.82, 2.24) is 10.6 Å². The molecule has 0 saturated heterocycles. The summed E-state index contributed by atoms with van der Waals surface area (Å²) in [5.41, 5.74) is 0. The highest BCUT2D eigenvalue weighted by molar-refractivity contribution is 4.52. The number of nitrogens with one attached hydrogen (secondary N) is 2. The van der Waals surface area contributed by atoms with E-state index in [4.69, 9.17) is 0 Å². The third kappa shape index (κ3) is 25.9. The summed E-state index contributed by atoms with van der Waals surface area (Å²) in [6, 6.07) is 0. The van der Waals surface area contributed by atoms with E-state index in [9.17, 15) is 0 Å². The molecule has 0 aliphatic carbocycles. The fourth-order valence-electron chi connectivity index (χ4n) is 3.93. The van der Waals surface area contributed by atoms with E-state index in [0.29, 0.717) is 0 Å². The summed E-state index contributed by atoms with van der Waals surface area (Å²) in [5.74, 6) is 0. The third-order valence-electron chi connectivity index (χ3n) is 5.81. The van der Waals surface area contributed by atoms with Crippen LogP contribution in [0.1, 0.15) is 142 Å². The summed E-state index contributed by atoms with van der Waals surface area (Å²) in [7, 11) is 0. The van der Waals surface area contributed by atoms with Gasteiger partial charge < -0.3 is 10.6 Å². The first-order valence-corrected chi connectivity index (χ1v) is 13.3. The quantitative estimate of drug-likeness (QED) is 0.153. The van der Waals surface area contributed by atoms with Gasteiger partial charge in [0.15, 0.2) is 0 Å². The molecular weight excluding hydrogens is 340 g/mol. The average Bonchev–Trinajstić information content (AvgIpc) is 2.71. The lowest BCUT2D eigenvalue weighted by atomic mass is 10.0. The topological polar surface area (TPSA) is 24.1 Å². The Morgan fingerprint density at radius 3 is 0.714 bits per heavy atom. The minimum absolute atomic E-state index is 1.19. The van der Waals surface area contributed by atoms with Crippen molar-refractivity contribution >= 4 is 0 Å². The number of hydrogen-bond acceptors (Lipinski definition) is 2. The first kappa shape index (κ1) is 27.9. The molecule has 0 unspecified atom stereocenters. The van der Waals surface area contributed by atoms with E-state index in [2.05, 4.69) is 24.5 Å². The highest BCUT2D eigenvalue weighted by Crippen LogP contribution is 2.14. The lowest BCUT2D eigenvalue weighted by molar-refractivity contribution is 0.518. The maximum Gasteiger partial charge on any atom is -0.00489 e. The zero-order valence-electron chi connectivity index (χ0n) is 20.0. The van der Waals surface area contributed by atoms with E-state index in [1.54, 1.807) is 0 Å². The zero-order valence-corrected chi connectivity index (χ0v) is 20.0. The lowest BCUT2D eigenvalue weighted by Crippen LogP contribution is -2.15. The Labute approximate surface area is 179 Å². The fourth-order valence-corrected chi connectivity index (χ4v) is 3.93. The maximum absolute atomic E-state index is 3.50. The molecule has 0 spiro atoms. The lowest BCUT2D eigenvalue weighted by Gasteiger charge is -2.05. The molecule has 0 bridgehead atoms. The third-order valence-corrected chi connectivity index (χ3v) is 5.81. The van der Waals surface area contributed by atoms with Crippen molar-refractivity contribution in [2.75, 3.05) is 26.2 Å². The van der Waals surface area contributed by atoms with E-state index in [1.165, 1.54) is 155 Å². The normalized spacial score (nSPS) is 11.4. The van der Waals surface area contributed by atoms with Crippen LogP contribution >= 0.6 is 0 Å². The van der Waals surface area contributed by atoms with Gasteiger partial charge in [-0.15, -0.1) is 0 Å². The van der Waals surface area contributed by atoms with E-state index < -0.39 is 0 Å². The standard InChI is InChI=1S/C26H56N2/c1-3-23-27-25-21-19-17-15-13-11-9-7-5-6-8-10-12-14-16-18-20-22-26-28-24-4-2/h27-28H,3-26H2,1-2H3. The Morgan fingerprint density at radius 2 is 0.500 bits per heavy atom. The molecule has 0 atom stereocenters. The second kappa shape index (κ2) is 26.9. The van der Waals surface area contributed by atoms with Crippen LogP contribution in [0.2, 0.25) is 0 Å². The van der Waals surface area contributed by atoms with Crippen molar-refractivity contribution in [3.05, 3.63) is 0 Å². The van der Waals surface area contributed by atoms with Crippen LogP contribution in [0.3, 0.4) is 0 Å². The highest BCUT2D eigenvalue weighted by Gasteiger charge is 1.95. The summed E-state index contributed by atoms with van der Waals surface area (Å²) >= 11 is 0. The summed E-state index contributed by atoms with van der Waals surface area (Å²) in [4.78, 5) is 0. The van der Waals surface area contributed by atoms with E-state index in [-0.39, 0.29) is 0 Å². The van der Waals surface area contributed by atoms with Crippen molar-refractivity contribution in [1.29, 1.82) is 0 Å². The van der Waals surface area contributed by atoms with Gasteiger partial charge in [0, 0.05) is 0 Å². The fraction of sp³-hybridized carbons (Fsp3) is 1.00. The molecule has 2 heteroatoms. The van der Waals surface area contributed by atoms with E-state index in [0.717, 1.165) is 0 Å². The van der Waals surface area contributed by atoms with Gasteiger partial charge in [0.2, 0.25) is 0 Å². The van der Waals surface area contributed by atoms with Crippen LogP contribution in [-0.4, -0.2) is 26.2 Å². The molecule has 2 N–H and O–H groups in total. The van der Waals surface area contributed by atoms with Crippen molar-refractivity contribution in [2.45, 2.75) is 142 Å². The second-order valence-corrected chi connectivity index (χ2v) is 8.86. The smallest absolute Gasteiger partial charge is 0.00489 e. The number of hydrogen-bond donors (Lipinski definition) is 2. The van der Waals surface area contributed by atoms with Gasteiger partial charge in [-0.05, 0) is 51.9 Å². The molecule has 0 saturated carbocycles. The minimum Gasteiger partial charge on any atom is -0.317 e. The van der Waals surface area contributed by atoms with Crippen LogP contribution in [0.15, 0.2) is 0 Å². The van der Waals surface area contributed by atoms with Crippen LogP contribution in [-0.2, 0) is 0 Å². The predicted molar refractivity (Wildman–Crippen MR) is 129 cm³/mol. The molecule has 0 heterocycles. The van der Waals surface area contributed by atoms with Gasteiger partial charge in [0.05, 0.1) is 0 Å². The molecule has 0 aromatic rings. The van der Waals surface area contributed by atoms with Gasteiger partial charge in [-0.1, -0.05) is 117 Å². The molecule has 170 valence electrons. The van der Waals surface area contributed by atoms with E-state index >= 15 is 0 Å². The molecular formula is C26H56N2. The number of rotatable bonds is 25. The Morgan fingerprint density at radius 1 is 0.286 bits per heavy atom. The molecule has 0 rings (SSSR count). The van der Waals surface area contributed by atoms with Crippen LogP contribution in [0.4, 0.5) is 0 Å². The second-order valence-electron chi connectivity index (χ2n) is 8.86. The molecule has 0 aromatic carbocycles. The largest absolute Gasteiger partial charge is 0.317 e. The van der Waals surface area contributed by atoms with Crippen molar-refractivity contribution < 1.29 is 0 Å². The van der Waals surface area contributed by atoms with Crippen molar-refractivity contribution in [3.63, 3.8) is 0 Å². The van der Waals surface area contributed by atoms with Gasteiger partial charge in [-0.25, -0.2) is 0 Å². The van der Waals surface area contributed by atoms with Gasteiger partial charge in [0.25, 0.3) is 0 Å². The molecule has 0 aliphatic rings. The molecule has 0 fully saturated rings. The summed E-state index contributed by atoms with van der Waals surface area (Å²) in [6.07, 6.45) is 28.7. The first-order chi connectivity index (χ1) is 13.9. The molecule has 2 nitrogen and oxygen atoms in total. The Hall–Kier alpha value is -0.0800. The number of unbranched alkanes of at least 4 members (excludes halogenated alkanes) is 17. The Balaban J connectivity index is 2.96. The average molecular weight is 397 g/mol. The first-order valence-electron chi connectivity index (χ1n) is 13.3. The molecule has 28 heavy (non-hydrogen) atoms. The highest BCUT2D eigenvalue weighted by atomic mass is 14.8. The molecule has 0 aliphatic heterocycles. The predicted octanol–water partition coefficient (Wildman–Crippen LogP) is 8.01.